The van der Waals surface area contributed by atoms with Crippen molar-refractivity contribution < 1.29 is 13.2 Å². The second-order valence-corrected chi connectivity index (χ2v) is 9.80. The van der Waals surface area contributed by atoms with Crippen LogP contribution in [0.5, 0.6) is 0 Å². The van der Waals surface area contributed by atoms with Crippen molar-refractivity contribution in [2.45, 2.75) is 38.8 Å². The molecule has 0 aromatic heterocycles. The lowest BCUT2D eigenvalue weighted by molar-refractivity contribution is 0.595. The molecule has 37 heavy (non-hydrogen) atoms. The first-order valence-electron chi connectivity index (χ1n) is 12.8. The lowest BCUT2D eigenvalue weighted by Crippen LogP contribution is -2.22. The van der Waals surface area contributed by atoms with Crippen LogP contribution >= 0.6 is 0 Å². The molecule has 0 unspecified atom stereocenters. The Morgan fingerprint density at radius 2 is 1.14 bits per heavy atom. The summed E-state index contributed by atoms with van der Waals surface area (Å²) < 4.78 is 45.4. The van der Waals surface area contributed by atoms with Crippen molar-refractivity contribution in [3.8, 4) is 0 Å². The van der Waals surface area contributed by atoms with Gasteiger partial charge in [0, 0.05) is 62.8 Å². The number of aliphatic imine (C=N–C) groups is 2. The minimum absolute atomic E-state index is 0.211. The zero-order valence-electron chi connectivity index (χ0n) is 21.3. The highest BCUT2D eigenvalue weighted by Crippen LogP contribution is 2.30. The topological polar surface area (TPSA) is 31.2 Å². The molecule has 0 amide bonds. The van der Waals surface area contributed by atoms with E-state index in [0.29, 0.717) is 22.5 Å². The van der Waals surface area contributed by atoms with Crippen molar-refractivity contribution in [3.05, 3.63) is 94.3 Å². The number of rotatable bonds is 8. The fourth-order valence-corrected chi connectivity index (χ4v) is 5.04. The molecule has 0 radical (unpaired) electrons. The van der Waals surface area contributed by atoms with Gasteiger partial charge in [-0.2, -0.15) is 0 Å². The highest BCUT2D eigenvalue weighted by atomic mass is 19.1. The van der Waals surface area contributed by atoms with Gasteiger partial charge in [0.1, 0.15) is 11.6 Å². The van der Waals surface area contributed by atoms with Crippen LogP contribution in [0.15, 0.2) is 64.6 Å². The highest BCUT2D eigenvalue weighted by molar-refractivity contribution is 6.02. The van der Waals surface area contributed by atoms with Crippen LogP contribution in [0.2, 0.25) is 0 Å². The SMILES string of the molecule is CN(Cc1ccc(C2=NCCC2)cc1F)c1cccc(N(C)Cc2ccc(C3=NCCC3)cc2F)c1F. The maximum atomic E-state index is 15.6. The minimum atomic E-state index is -0.429. The van der Waals surface area contributed by atoms with E-state index in [4.69, 9.17) is 0 Å². The van der Waals surface area contributed by atoms with Gasteiger partial charge >= 0.3 is 0 Å². The van der Waals surface area contributed by atoms with Crippen LogP contribution in [0.4, 0.5) is 24.5 Å². The van der Waals surface area contributed by atoms with E-state index in [0.717, 1.165) is 61.3 Å². The van der Waals surface area contributed by atoms with Gasteiger partial charge in [-0.15, -0.1) is 0 Å². The molecule has 2 heterocycles. The van der Waals surface area contributed by atoms with Gasteiger partial charge in [0.25, 0.3) is 0 Å². The molecule has 7 heteroatoms. The number of anilines is 2. The maximum absolute atomic E-state index is 15.6. The molecule has 0 bridgehead atoms. The van der Waals surface area contributed by atoms with E-state index in [1.165, 1.54) is 12.1 Å². The van der Waals surface area contributed by atoms with E-state index in [-0.39, 0.29) is 24.7 Å². The van der Waals surface area contributed by atoms with Gasteiger partial charge < -0.3 is 9.80 Å². The van der Waals surface area contributed by atoms with Crippen molar-refractivity contribution in [3.63, 3.8) is 0 Å². The molecule has 0 fully saturated rings. The Balaban J connectivity index is 1.30. The highest BCUT2D eigenvalue weighted by Gasteiger charge is 2.19. The average molecular weight is 505 g/mol. The maximum Gasteiger partial charge on any atom is 0.169 e. The molecule has 2 aliphatic heterocycles. The Kier molecular flexibility index (Phi) is 7.31. The second-order valence-electron chi connectivity index (χ2n) is 9.80. The molecule has 3 aromatic carbocycles. The lowest BCUT2D eigenvalue weighted by Gasteiger charge is -2.25. The Bertz CT molecular complexity index is 1270. The van der Waals surface area contributed by atoms with Crippen LogP contribution < -0.4 is 9.80 Å². The van der Waals surface area contributed by atoms with E-state index < -0.39 is 5.82 Å². The molecule has 3 aromatic rings. The van der Waals surface area contributed by atoms with Gasteiger partial charge in [-0.1, -0.05) is 30.3 Å². The van der Waals surface area contributed by atoms with E-state index in [9.17, 15) is 8.78 Å². The van der Waals surface area contributed by atoms with Gasteiger partial charge in [0.2, 0.25) is 0 Å². The first-order valence-corrected chi connectivity index (χ1v) is 12.8. The normalized spacial score (nSPS) is 15.1. The van der Waals surface area contributed by atoms with Crippen molar-refractivity contribution >= 4 is 22.8 Å². The summed E-state index contributed by atoms with van der Waals surface area (Å²) in [6, 6.07) is 15.4. The number of hydrogen-bond acceptors (Lipinski definition) is 4. The van der Waals surface area contributed by atoms with Crippen LogP contribution in [-0.2, 0) is 13.1 Å². The Hall–Kier alpha value is -3.61. The van der Waals surface area contributed by atoms with Crippen molar-refractivity contribution in [1.82, 2.24) is 0 Å². The van der Waals surface area contributed by atoms with Crippen molar-refractivity contribution in [2.24, 2.45) is 9.98 Å². The lowest BCUT2D eigenvalue weighted by atomic mass is 10.0. The van der Waals surface area contributed by atoms with E-state index >= 15 is 4.39 Å². The van der Waals surface area contributed by atoms with Crippen LogP contribution in [0.1, 0.15) is 47.9 Å². The molecule has 2 aliphatic rings. The molecular formula is C30H31F3N4. The average Bonchev–Trinajstić information content (AvgIpc) is 3.61. The van der Waals surface area contributed by atoms with E-state index in [1.807, 2.05) is 12.1 Å². The molecule has 5 rings (SSSR count). The van der Waals surface area contributed by atoms with Gasteiger partial charge in [0.15, 0.2) is 5.82 Å². The number of halogens is 3. The monoisotopic (exact) mass is 504 g/mol. The summed E-state index contributed by atoms with van der Waals surface area (Å²) >= 11 is 0. The molecule has 192 valence electrons. The summed E-state index contributed by atoms with van der Waals surface area (Å²) in [6.07, 6.45) is 3.74. The number of benzene rings is 3. The van der Waals surface area contributed by atoms with Gasteiger partial charge in [0.05, 0.1) is 11.4 Å². The Morgan fingerprint density at radius 1 is 0.676 bits per heavy atom. The zero-order chi connectivity index (χ0) is 25.9. The second kappa shape index (κ2) is 10.8. The summed E-state index contributed by atoms with van der Waals surface area (Å²) in [5, 5.41) is 0. The van der Waals surface area contributed by atoms with Gasteiger partial charge in [-0.3, -0.25) is 9.98 Å². The van der Waals surface area contributed by atoms with E-state index in [2.05, 4.69) is 9.98 Å². The largest absolute Gasteiger partial charge is 0.368 e. The summed E-state index contributed by atoms with van der Waals surface area (Å²) in [5.74, 6) is -1.08. The third-order valence-electron chi connectivity index (χ3n) is 7.12. The molecule has 0 aliphatic carbocycles. The van der Waals surface area contributed by atoms with Crippen LogP contribution in [-0.4, -0.2) is 38.6 Å². The summed E-state index contributed by atoms with van der Waals surface area (Å²) in [4.78, 5) is 12.3. The standard InChI is InChI=1S/C30H31F3N4/c1-36(18-22-12-10-20(16-24(22)31)26-6-4-14-34-26)28-8-3-9-29(30(28)33)37(2)19-23-13-11-21(17-25(23)32)27-7-5-15-35-27/h3,8-13,16-17H,4-7,14-15,18-19H2,1-2H3. The molecule has 0 saturated heterocycles. The van der Waals surface area contributed by atoms with E-state index in [1.54, 1.807) is 54.2 Å². The molecule has 0 N–H and O–H groups in total. The van der Waals surface area contributed by atoms with Crippen LogP contribution in [0.25, 0.3) is 0 Å². The first kappa shape index (κ1) is 25.1. The predicted octanol–water partition coefficient (Wildman–Crippen LogP) is 6.54. The number of nitrogens with zero attached hydrogens (tertiary/aromatic N) is 4. The smallest absolute Gasteiger partial charge is 0.169 e. The van der Waals surface area contributed by atoms with Crippen LogP contribution in [0.3, 0.4) is 0 Å². The van der Waals surface area contributed by atoms with Gasteiger partial charge in [-0.25, -0.2) is 13.2 Å². The molecule has 4 nitrogen and oxygen atoms in total. The minimum Gasteiger partial charge on any atom is -0.368 e. The third-order valence-corrected chi connectivity index (χ3v) is 7.12. The quantitative estimate of drug-likeness (QED) is 0.349. The Labute approximate surface area is 216 Å². The number of hydrogen-bond donors (Lipinski definition) is 0. The Morgan fingerprint density at radius 3 is 1.51 bits per heavy atom. The molecule has 0 spiro atoms. The zero-order valence-corrected chi connectivity index (χ0v) is 21.3. The van der Waals surface area contributed by atoms with Crippen LogP contribution in [0, 0.1) is 17.5 Å². The summed E-state index contributed by atoms with van der Waals surface area (Å²) in [7, 11) is 3.47. The fourth-order valence-electron chi connectivity index (χ4n) is 5.04. The summed E-state index contributed by atoms with van der Waals surface area (Å²) in [6.45, 7) is 2.00. The molecular weight excluding hydrogens is 473 g/mol. The molecule has 0 saturated carbocycles. The molecule has 0 atom stereocenters. The summed E-state index contributed by atoms with van der Waals surface area (Å²) in [5.41, 5.74) is 5.18. The van der Waals surface area contributed by atoms with Crippen molar-refractivity contribution in [2.75, 3.05) is 37.0 Å². The predicted molar refractivity (Wildman–Crippen MR) is 145 cm³/mol. The van der Waals surface area contributed by atoms with Gasteiger partial charge in [-0.05, 0) is 61.1 Å². The fraction of sp³-hybridized carbons (Fsp3) is 0.333. The van der Waals surface area contributed by atoms with Crippen molar-refractivity contribution in [1.29, 1.82) is 0 Å². The third kappa shape index (κ3) is 5.41. The first-order chi connectivity index (χ1) is 17.9.